The van der Waals surface area contributed by atoms with Gasteiger partial charge in [-0.15, -0.1) is 0 Å². The summed E-state index contributed by atoms with van der Waals surface area (Å²) >= 11 is 0. The highest BCUT2D eigenvalue weighted by molar-refractivity contribution is 5.99. The van der Waals surface area contributed by atoms with Gasteiger partial charge >= 0.3 is 5.97 Å². The minimum Gasteiger partial charge on any atom is -0.454 e. The first-order chi connectivity index (χ1) is 17.6. The Labute approximate surface area is 208 Å². The topological polar surface area (TPSA) is 82.7 Å². The fourth-order valence-corrected chi connectivity index (χ4v) is 5.04. The number of ether oxygens (including phenoxy) is 1. The van der Waals surface area contributed by atoms with Crippen molar-refractivity contribution in [2.45, 2.75) is 12.5 Å². The van der Waals surface area contributed by atoms with Gasteiger partial charge in [0.2, 0.25) is 0 Å². The predicted octanol–water partition coefficient (Wildman–Crippen LogP) is 4.22. The van der Waals surface area contributed by atoms with Crippen LogP contribution in [0.5, 0.6) is 0 Å². The number of hydrogen-bond donors (Lipinski definition) is 1. The molecule has 0 radical (unpaired) electrons. The molecule has 0 saturated carbocycles. The van der Waals surface area contributed by atoms with Gasteiger partial charge in [0.05, 0.1) is 5.56 Å². The molecule has 4 aromatic rings. The third-order valence-electron chi connectivity index (χ3n) is 7.01. The normalized spacial score (nSPS) is 17.6. The summed E-state index contributed by atoms with van der Waals surface area (Å²) in [5, 5.41) is 1.00. The van der Waals surface area contributed by atoms with Crippen LogP contribution in [0.4, 0.5) is 0 Å². The Balaban J connectivity index is 1.14. The molecule has 1 aromatic heterocycles. The quantitative estimate of drug-likeness (QED) is 0.446. The molecule has 2 aliphatic rings. The Bertz CT molecular complexity index is 1440. The van der Waals surface area contributed by atoms with Gasteiger partial charge in [-0.3, -0.25) is 9.59 Å². The number of benzene rings is 3. The van der Waals surface area contributed by atoms with Gasteiger partial charge in [0, 0.05) is 49.1 Å². The van der Waals surface area contributed by atoms with Crippen molar-refractivity contribution < 1.29 is 19.1 Å². The van der Waals surface area contributed by atoms with Crippen LogP contribution >= 0.6 is 0 Å². The van der Waals surface area contributed by atoms with Crippen LogP contribution in [0.2, 0.25) is 0 Å². The molecule has 6 rings (SSSR count). The van der Waals surface area contributed by atoms with E-state index in [-0.39, 0.29) is 23.9 Å². The van der Waals surface area contributed by atoms with E-state index in [4.69, 9.17) is 4.74 Å². The molecular formula is C29H25N3O4. The van der Waals surface area contributed by atoms with Crippen molar-refractivity contribution in [2.75, 3.05) is 26.2 Å². The van der Waals surface area contributed by atoms with Crippen LogP contribution in [-0.4, -0.2) is 58.7 Å². The minimum absolute atomic E-state index is 0.0578. The molecule has 1 unspecified atom stereocenters. The molecule has 1 saturated heterocycles. The van der Waals surface area contributed by atoms with E-state index in [1.807, 2.05) is 66.7 Å². The first kappa shape index (κ1) is 22.1. The minimum atomic E-state index is -0.367. The van der Waals surface area contributed by atoms with Crippen LogP contribution in [0.1, 0.15) is 48.4 Å². The van der Waals surface area contributed by atoms with Crippen molar-refractivity contribution in [2.24, 2.45) is 0 Å². The Morgan fingerprint density at radius 1 is 0.806 bits per heavy atom. The third kappa shape index (κ3) is 4.02. The Morgan fingerprint density at radius 2 is 1.50 bits per heavy atom. The maximum absolute atomic E-state index is 13.3. The van der Waals surface area contributed by atoms with Gasteiger partial charge in [0.25, 0.3) is 11.8 Å². The van der Waals surface area contributed by atoms with Gasteiger partial charge in [-0.25, -0.2) is 4.79 Å². The summed E-state index contributed by atoms with van der Waals surface area (Å²) in [5.41, 5.74) is 4.30. The molecule has 1 atom stereocenters. The van der Waals surface area contributed by atoms with Crippen LogP contribution in [0.3, 0.4) is 0 Å². The molecule has 180 valence electrons. The molecular weight excluding hydrogens is 454 g/mol. The number of H-pyrrole nitrogens is 1. The molecule has 3 aromatic carbocycles. The lowest BCUT2D eigenvalue weighted by molar-refractivity contribution is 0.0252. The molecule has 3 heterocycles. The average Bonchev–Trinajstić information content (AvgIpc) is 3.37. The van der Waals surface area contributed by atoms with Gasteiger partial charge in [0.15, 0.2) is 0 Å². The van der Waals surface area contributed by atoms with Gasteiger partial charge in [-0.05, 0) is 41.5 Å². The van der Waals surface area contributed by atoms with Crippen LogP contribution in [0.15, 0.2) is 78.9 Å². The fraction of sp³-hybridized carbons (Fsp3) is 0.207. The number of piperazine rings is 1. The number of hydrogen-bond acceptors (Lipinski definition) is 4. The van der Waals surface area contributed by atoms with E-state index in [0.717, 1.165) is 22.0 Å². The number of nitrogens with one attached hydrogen (secondary N) is 1. The lowest BCUT2D eigenvalue weighted by atomic mass is 9.93. The number of fused-ring (bicyclic) bond motifs is 2. The zero-order valence-electron chi connectivity index (χ0n) is 19.6. The first-order valence-electron chi connectivity index (χ1n) is 12.1. The standard InChI is InChI=1S/C29H25N3O4/c33-27(21-10-11-23-22(16-21)18-26(36-29(23)35)19-6-2-1-3-7-19)31-12-14-32(15-13-31)28(34)25-17-20-8-4-5-9-24(20)30-25/h1-11,16-17,26,30H,12-15,18H2. The SMILES string of the molecule is O=C1OC(c2ccccc2)Cc2cc(C(=O)N3CCN(C(=O)c4cc5ccccc5[nH]4)CC3)ccc21. The Morgan fingerprint density at radius 3 is 2.25 bits per heavy atom. The summed E-state index contributed by atoms with van der Waals surface area (Å²) < 4.78 is 5.63. The van der Waals surface area contributed by atoms with Crippen molar-refractivity contribution in [1.29, 1.82) is 0 Å². The van der Waals surface area contributed by atoms with Crippen molar-refractivity contribution >= 4 is 28.7 Å². The number of nitrogens with zero attached hydrogens (tertiary/aromatic N) is 2. The molecule has 1 fully saturated rings. The summed E-state index contributed by atoms with van der Waals surface area (Å²) in [6.45, 7) is 1.84. The molecule has 7 heteroatoms. The van der Waals surface area contributed by atoms with E-state index in [0.29, 0.717) is 49.4 Å². The van der Waals surface area contributed by atoms with E-state index < -0.39 is 0 Å². The number of aromatic amines is 1. The van der Waals surface area contributed by atoms with Crippen molar-refractivity contribution in [3.63, 3.8) is 0 Å². The van der Waals surface area contributed by atoms with Crippen LogP contribution in [0, 0.1) is 0 Å². The number of cyclic esters (lactones) is 1. The summed E-state index contributed by atoms with van der Waals surface area (Å²) in [6.07, 6.45) is 0.162. The number of carbonyl (C=O) groups excluding carboxylic acids is 3. The van der Waals surface area contributed by atoms with Gasteiger partial charge in [-0.2, -0.15) is 0 Å². The number of carbonyl (C=O) groups is 3. The van der Waals surface area contributed by atoms with Crippen LogP contribution in [0.25, 0.3) is 10.9 Å². The molecule has 7 nitrogen and oxygen atoms in total. The molecule has 1 N–H and O–H groups in total. The highest BCUT2D eigenvalue weighted by atomic mass is 16.5. The average molecular weight is 480 g/mol. The highest BCUT2D eigenvalue weighted by Crippen LogP contribution is 2.31. The monoisotopic (exact) mass is 479 g/mol. The maximum Gasteiger partial charge on any atom is 0.339 e. The van der Waals surface area contributed by atoms with Crippen molar-refractivity contribution in [3.8, 4) is 0 Å². The van der Waals surface area contributed by atoms with E-state index in [1.54, 1.807) is 21.9 Å². The highest BCUT2D eigenvalue weighted by Gasteiger charge is 2.30. The largest absolute Gasteiger partial charge is 0.454 e. The van der Waals surface area contributed by atoms with Gasteiger partial charge in [0.1, 0.15) is 11.8 Å². The van der Waals surface area contributed by atoms with E-state index in [2.05, 4.69) is 4.98 Å². The predicted molar refractivity (Wildman–Crippen MR) is 135 cm³/mol. The summed E-state index contributed by atoms with van der Waals surface area (Å²) in [6, 6.07) is 24.5. The number of esters is 1. The third-order valence-corrected chi connectivity index (χ3v) is 7.01. The zero-order valence-corrected chi connectivity index (χ0v) is 19.6. The van der Waals surface area contributed by atoms with E-state index in [9.17, 15) is 14.4 Å². The molecule has 36 heavy (non-hydrogen) atoms. The first-order valence-corrected chi connectivity index (χ1v) is 12.1. The van der Waals surface area contributed by atoms with Crippen LogP contribution in [-0.2, 0) is 11.2 Å². The second kappa shape index (κ2) is 9.00. The number of para-hydroxylation sites is 1. The number of amides is 2. The number of aromatic nitrogens is 1. The maximum atomic E-state index is 13.3. The van der Waals surface area contributed by atoms with Crippen molar-refractivity contribution in [3.05, 3.63) is 107 Å². The summed E-state index contributed by atoms with van der Waals surface area (Å²) in [7, 11) is 0. The fourth-order valence-electron chi connectivity index (χ4n) is 5.04. The molecule has 2 amide bonds. The molecule has 0 aliphatic carbocycles. The Hall–Kier alpha value is -4.39. The van der Waals surface area contributed by atoms with E-state index in [1.165, 1.54) is 0 Å². The second-order valence-electron chi connectivity index (χ2n) is 9.24. The van der Waals surface area contributed by atoms with E-state index >= 15 is 0 Å². The Kier molecular flexibility index (Phi) is 5.52. The lowest BCUT2D eigenvalue weighted by Crippen LogP contribution is -2.50. The van der Waals surface area contributed by atoms with Gasteiger partial charge in [-0.1, -0.05) is 48.5 Å². The second-order valence-corrected chi connectivity index (χ2v) is 9.24. The summed E-state index contributed by atoms with van der Waals surface area (Å²) in [4.78, 5) is 45.6. The summed E-state index contributed by atoms with van der Waals surface area (Å²) in [5.74, 6) is -0.517. The molecule has 2 aliphatic heterocycles. The zero-order chi connectivity index (χ0) is 24.6. The smallest absolute Gasteiger partial charge is 0.339 e. The van der Waals surface area contributed by atoms with Crippen molar-refractivity contribution in [1.82, 2.24) is 14.8 Å². The molecule has 0 bridgehead atoms. The lowest BCUT2D eigenvalue weighted by Gasteiger charge is -2.34. The van der Waals surface area contributed by atoms with Gasteiger partial charge < -0.3 is 19.5 Å². The number of rotatable bonds is 3. The van der Waals surface area contributed by atoms with Crippen LogP contribution < -0.4 is 0 Å². The molecule has 0 spiro atoms.